The van der Waals surface area contributed by atoms with E-state index in [9.17, 15) is 4.79 Å². The van der Waals surface area contributed by atoms with Gasteiger partial charge in [-0.25, -0.2) is 4.98 Å². The first-order chi connectivity index (χ1) is 7.66. The fraction of sp³-hybridized carbons (Fsp3) is 0. The largest absolute Gasteiger partial charge is 0.398 e. The maximum absolute atomic E-state index is 11.7. The number of rotatable bonds is 2. The fourth-order valence-corrected chi connectivity index (χ4v) is 1.36. The van der Waals surface area contributed by atoms with E-state index in [2.05, 4.69) is 15.3 Å². The molecule has 1 aromatic carbocycles. The number of hydrogen-bond donors (Lipinski definition) is 3. The van der Waals surface area contributed by atoms with Gasteiger partial charge >= 0.3 is 0 Å². The van der Waals surface area contributed by atoms with E-state index < -0.39 is 0 Å². The number of nitrogens with one attached hydrogen (secondary N) is 2. The Morgan fingerprint density at radius 1 is 1.50 bits per heavy atom. The number of hydrogen-bond acceptors (Lipinski definition) is 3. The third-order valence-electron chi connectivity index (χ3n) is 1.99. The van der Waals surface area contributed by atoms with Gasteiger partial charge in [0.15, 0.2) is 0 Å². The van der Waals surface area contributed by atoms with Crippen molar-refractivity contribution < 1.29 is 4.79 Å². The molecule has 0 saturated heterocycles. The van der Waals surface area contributed by atoms with Crippen molar-refractivity contribution >= 4 is 29.1 Å². The van der Waals surface area contributed by atoms with Crippen LogP contribution in [0.2, 0.25) is 5.02 Å². The smallest absolute Gasteiger partial charge is 0.258 e. The summed E-state index contributed by atoms with van der Waals surface area (Å²) in [5, 5.41) is 2.93. The first-order valence-corrected chi connectivity index (χ1v) is 4.90. The number of carbonyl (C=O) groups is 1. The lowest BCUT2D eigenvalue weighted by Crippen LogP contribution is -2.13. The number of aromatic amines is 1. The quantitative estimate of drug-likeness (QED) is 0.697. The molecule has 1 heterocycles. The maximum atomic E-state index is 11.7. The summed E-state index contributed by atoms with van der Waals surface area (Å²) in [6.07, 6.45) is 3.16. The van der Waals surface area contributed by atoms with Crippen molar-refractivity contribution in [2.75, 3.05) is 11.1 Å². The number of nitrogens with zero attached hydrogens (tertiary/aromatic N) is 1. The Labute approximate surface area is 96.6 Å². The molecule has 0 unspecified atom stereocenters. The Bertz CT molecular complexity index is 510. The molecule has 5 nitrogen and oxygen atoms in total. The van der Waals surface area contributed by atoms with E-state index in [-0.39, 0.29) is 5.91 Å². The first-order valence-electron chi connectivity index (χ1n) is 4.52. The van der Waals surface area contributed by atoms with E-state index in [1.165, 1.54) is 6.07 Å². The second-order valence-corrected chi connectivity index (χ2v) is 3.54. The molecule has 0 atom stereocenters. The van der Waals surface area contributed by atoms with Gasteiger partial charge in [-0.2, -0.15) is 0 Å². The Morgan fingerprint density at radius 3 is 2.94 bits per heavy atom. The Kier molecular flexibility index (Phi) is 2.78. The highest BCUT2D eigenvalue weighted by Crippen LogP contribution is 2.19. The molecule has 0 radical (unpaired) electrons. The number of nitrogens with two attached hydrogens (primary N) is 1. The number of benzene rings is 1. The number of halogens is 1. The Balaban J connectivity index is 2.18. The number of nitrogen functional groups attached to an aromatic ring is 1. The van der Waals surface area contributed by atoms with Crippen LogP contribution in [0.25, 0.3) is 0 Å². The molecule has 0 bridgehead atoms. The van der Waals surface area contributed by atoms with E-state index in [1.54, 1.807) is 24.5 Å². The van der Waals surface area contributed by atoms with Gasteiger partial charge in [0, 0.05) is 18.0 Å². The number of anilines is 2. The topological polar surface area (TPSA) is 83.8 Å². The standard InChI is InChI=1S/C10H9ClN4O/c11-7-5-6(1-2-8(7)12)9(16)15-10-13-3-4-14-10/h1-5H,12H2,(H2,13,14,15,16). The van der Waals surface area contributed by atoms with E-state index in [1.807, 2.05) is 0 Å². The summed E-state index contributed by atoms with van der Waals surface area (Å²) in [7, 11) is 0. The van der Waals surface area contributed by atoms with Gasteiger partial charge in [-0.3, -0.25) is 10.1 Å². The summed E-state index contributed by atoms with van der Waals surface area (Å²) in [4.78, 5) is 18.3. The first kappa shape index (κ1) is 10.5. The van der Waals surface area contributed by atoms with Gasteiger partial charge in [-0.05, 0) is 18.2 Å². The molecular weight excluding hydrogens is 228 g/mol. The minimum absolute atomic E-state index is 0.295. The molecule has 0 saturated carbocycles. The second kappa shape index (κ2) is 4.24. The van der Waals surface area contributed by atoms with Crippen LogP contribution in [0.3, 0.4) is 0 Å². The highest BCUT2D eigenvalue weighted by Gasteiger charge is 2.08. The van der Waals surface area contributed by atoms with Gasteiger partial charge in [0.05, 0.1) is 10.7 Å². The highest BCUT2D eigenvalue weighted by atomic mass is 35.5. The van der Waals surface area contributed by atoms with E-state index in [0.29, 0.717) is 22.2 Å². The van der Waals surface area contributed by atoms with Crippen molar-refractivity contribution in [2.24, 2.45) is 0 Å². The lowest BCUT2D eigenvalue weighted by molar-refractivity contribution is 0.102. The summed E-state index contributed by atoms with van der Waals surface area (Å²) in [5.74, 6) is 0.0924. The molecule has 6 heteroatoms. The maximum Gasteiger partial charge on any atom is 0.258 e. The molecule has 1 aromatic heterocycles. The second-order valence-electron chi connectivity index (χ2n) is 3.13. The SMILES string of the molecule is Nc1ccc(C(=O)Nc2ncc[nH]2)cc1Cl. The lowest BCUT2D eigenvalue weighted by atomic mass is 10.2. The van der Waals surface area contributed by atoms with Crippen LogP contribution < -0.4 is 11.1 Å². The molecule has 0 fully saturated rings. The van der Waals surface area contributed by atoms with Gasteiger partial charge in [0.2, 0.25) is 5.95 Å². The predicted molar refractivity (Wildman–Crippen MR) is 62.4 cm³/mol. The number of imidazole rings is 1. The summed E-state index contributed by atoms with van der Waals surface area (Å²) in [5.41, 5.74) is 6.41. The molecule has 1 amide bonds. The van der Waals surface area contributed by atoms with Gasteiger partial charge in [0.1, 0.15) is 0 Å². The van der Waals surface area contributed by atoms with Crippen LogP contribution in [0.5, 0.6) is 0 Å². The van der Waals surface area contributed by atoms with Crippen LogP contribution in [-0.4, -0.2) is 15.9 Å². The third kappa shape index (κ3) is 2.14. The molecular formula is C10H9ClN4O. The molecule has 16 heavy (non-hydrogen) atoms. The van der Waals surface area contributed by atoms with Crippen LogP contribution in [0.1, 0.15) is 10.4 Å². The van der Waals surface area contributed by atoms with Crippen LogP contribution in [0, 0.1) is 0 Å². The normalized spacial score (nSPS) is 10.1. The van der Waals surface area contributed by atoms with Crippen molar-refractivity contribution in [2.45, 2.75) is 0 Å². The molecule has 0 aliphatic rings. The number of H-pyrrole nitrogens is 1. The number of amides is 1. The molecule has 82 valence electrons. The number of aromatic nitrogens is 2. The zero-order valence-corrected chi connectivity index (χ0v) is 8.95. The van der Waals surface area contributed by atoms with Crippen molar-refractivity contribution in [3.8, 4) is 0 Å². The lowest BCUT2D eigenvalue weighted by Gasteiger charge is -2.03. The van der Waals surface area contributed by atoms with Crippen LogP contribution in [0.15, 0.2) is 30.6 Å². The molecule has 2 aromatic rings. The van der Waals surface area contributed by atoms with Crippen molar-refractivity contribution in [3.05, 3.63) is 41.2 Å². The van der Waals surface area contributed by atoms with Crippen LogP contribution >= 0.6 is 11.6 Å². The predicted octanol–water partition coefficient (Wildman–Crippen LogP) is 1.90. The van der Waals surface area contributed by atoms with Crippen molar-refractivity contribution in [1.29, 1.82) is 0 Å². The van der Waals surface area contributed by atoms with Gasteiger partial charge < -0.3 is 10.7 Å². The van der Waals surface area contributed by atoms with E-state index in [4.69, 9.17) is 17.3 Å². The van der Waals surface area contributed by atoms with Gasteiger partial charge in [-0.15, -0.1) is 0 Å². The zero-order valence-electron chi connectivity index (χ0n) is 8.20. The van der Waals surface area contributed by atoms with Crippen molar-refractivity contribution in [1.82, 2.24) is 9.97 Å². The summed E-state index contributed by atoms with van der Waals surface area (Å²) in [6, 6.07) is 4.69. The monoisotopic (exact) mass is 236 g/mol. The Hall–Kier alpha value is -2.01. The molecule has 0 spiro atoms. The highest BCUT2D eigenvalue weighted by molar-refractivity contribution is 6.33. The van der Waals surface area contributed by atoms with Gasteiger partial charge in [-0.1, -0.05) is 11.6 Å². The van der Waals surface area contributed by atoms with Gasteiger partial charge in [0.25, 0.3) is 5.91 Å². The summed E-state index contributed by atoms with van der Waals surface area (Å²) in [6.45, 7) is 0. The van der Waals surface area contributed by atoms with E-state index in [0.717, 1.165) is 0 Å². The average Bonchev–Trinajstić information content (AvgIpc) is 2.74. The van der Waals surface area contributed by atoms with Crippen LogP contribution in [0.4, 0.5) is 11.6 Å². The molecule has 0 aliphatic heterocycles. The molecule has 0 aliphatic carbocycles. The Morgan fingerprint density at radius 2 is 2.31 bits per heavy atom. The van der Waals surface area contributed by atoms with Crippen molar-refractivity contribution in [3.63, 3.8) is 0 Å². The molecule has 2 rings (SSSR count). The third-order valence-corrected chi connectivity index (χ3v) is 2.32. The number of carbonyl (C=O) groups excluding carboxylic acids is 1. The minimum atomic E-state index is -0.295. The zero-order chi connectivity index (χ0) is 11.5. The van der Waals surface area contributed by atoms with E-state index >= 15 is 0 Å². The fourth-order valence-electron chi connectivity index (χ4n) is 1.18. The minimum Gasteiger partial charge on any atom is -0.398 e. The van der Waals surface area contributed by atoms with Crippen LogP contribution in [-0.2, 0) is 0 Å². The average molecular weight is 237 g/mol. The molecule has 4 N–H and O–H groups in total. The summed E-state index contributed by atoms with van der Waals surface area (Å²) >= 11 is 5.81. The summed E-state index contributed by atoms with van der Waals surface area (Å²) < 4.78 is 0.